The van der Waals surface area contributed by atoms with Crippen molar-refractivity contribution in [1.82, 2.24) is 8.75 Å². The number of ketones is 1. The first-order valence-electron chi connectivity index (χ1n) is 10.6. The van der Waals surface area contributed by atoms with Gasteiger partial charge >= 0.3 is 29.6 Å². The summed E-state index contributed by atoms with van der Waals surface area (Å²) >= 11 is 1.02. The van der Waals surface area contributed by atoms with E-state index in [-0.39, 0.29) is 66.3 Å². The molecule has 0 radical (unpaired) electrons. The van der Waals surface area contributed by atoms with E-state index in [2.05, 4.69) is 8.75 Å². The van der Waals surface area contributed by atoms with E-state index in [9.17, 15) is 14.7 Å². The van der Waals surface area contributed by atoms with Gasteiger partial charge in [0.15, 0.2) is 28.8 Å². The number of carboxylic acid groups (broad SMARTS) is 1. The molecule has 1 aromatic heterocycles. The third-order valence-electron chi connectivity index (χ3n) is 5.78. The van der Waals surface area contributed by atoms with Crippen LogP contribution < -0.4 is 53.6 Å². The average molecular weight is 510 g/mol. The maximum Gasteiger partial charge on any atom is 1.00 e. The Labute approximate surface area is 230 Å². The molecule has 2 aliphatic rings. The molecular formula is C25H15N2NaO7S. The summed E-state index contributed by atoms with van der Waals surface area (Å²) in [6, 6.07) is 14.8. The number of carbonyl (C=O) groups is 2. The standard InChI is InChI=1S/C25H16N2O7S.Na/c28-24(15-3-6-20-22(10-15)34-12-32-20)16(7-13-1-5-19-21(8-13)33-11-31-19)23(25(29)30)14-2-4-17-18(9-14)27-35-26-17;/h1-6,8-10H,7,11-12H2,(H,29,30);/q;+1/p-1/b23-16+;. The molecule has 0 saturated heterocycles. The van der Waals surface area contributed by atoms with Crippen LogP contribution in [0.15, 0.2) is 60.2 Å². The Bertz CT molecular complexity index is 1550. The van der Waals surface area contributed by atoms with Crippen LogP contribution in [0.4, 0.5) is 0 Å². The van der Waals surface area contributed by atoms with E-state index >= 15 is 0 Å². The minimum atomic E-state index is -1.47. The summed E-state index contributed by atoms with van der Waals surface area (Å²) in [5, 5.41) is 12.5. The van der Waals surface area contributed by atoms with Crippen LogP contribution in [0.25, 0.3) is 16.6 Å². The number of aromatic nitrogens is 2. The molecule has 3 aromatic carbocycles. The van der Waals surface area contributed by atoms with Gasteiger partial charge in [-0.3, -0.25) is 4.79 Å². The summed E-state index contributed by atoms with van der Waals surface area (Å²) in [5.74, 6) is 0.104. The van der Waals surface area contributed by atoms with E-state index in [4.69, 9.17) is 18.9 Å². The Balaban J connectivity index is 0.00000267. The van der Waals surface area contributed by atoms with Gasteiger partial charge in [0.05, 0.1) is 17.7 Å². The van der Waals surface area contributed by atoms with E-state index in [1.54, 1.807) is 54.6 Å². The third kappa shape index (κ3) is 4.44. The Morgan fingerprint density at radius 3 is 2.17 bits per heavy atom. The van der Waals surface area contributed by atoms with Crippen LogP contribution in [0.3, 0.4) is 0 Å². The van der Waals surface area contributed by atoms with Gasteiger partial charge in [-0.1, -0.05) is 12.1 Å². The predicted octanol–water partition coefficient (Wildman–Crippen LogP) is -0.218. The van der Waals surface area contributed by atoms with Gasteiger partial charge in [0.1, 0.15) is 11.0 Å². The number of hydrogen-bond donors (Lipinski definition) is 0. The number of benzene rings is 3. The van der Waals surface area contributed by atoms with Crippen molar-refractivity contribution in [2.45, 2.75) is 6.42 Å². The van der Waals surface area contributed by atoms with Crippen LogP contribution in [-0.4, -0.2) is 34.1 Å². The first-order chi connectivity index (χ1) is 17.1. The molecule has 0 unspecified atom stereocenters. The molecule has 6 rings (SSSR count). The molecule has 2 aliphatic heterocycles. The smallest absolute Gasteiger partial charge is 0.545 e. The van der Waals surface area contributed by atoms with Gasteiger partial charge < -0.3 is 28.8 Å². The summed E-state index contributed by atoms with van der Waals surface area (Å²) < 4.78 is 29.9. The summed E-state index contributed by atoms with van der Waals surface area (Å²) in [7, 11) is 0. The zero-order valence-electron chi connectivity index (χ0n) is 19.0. The minimum absolute atomic E-state index is 0. The molecule has 0 fully saturated rings. The topological polar surface area (TPSA) is 120 Å². The molecule has 11 heteroatoms. The molecule has 0 atom stereocenters. The molecule has 36 heavy (non-hydrogen) atoms. The minimum Gasteiger partial charge on any atom is -0.545 e. The van der Waals surface area contributed by atoms with Gasteiger partial charge in [-0.25, -0.2) is 0 Å². The second-order valence-electron chi connectivity index (χ2n) is 7.87. The number of allylic oxidation sites excluding steroid dienone is 1. The number of nitrogens with zero attached hydrogens (tertiary/aromatic N) is 2. The SMILES string of the molecule is O=C([O-])/C(=C(\Cc1ccc2c(c1)OCO2)C(=O)c1ccc2c(c1)OCO2)c1ccc2nsnc2c1.[Na+]. The summed E-state index contributed by atoms with van der Waals surface area (Å²) in [6.07, 6.45) is 0.0145. The molecule has 174 valence electrons. The number of hydrogen-bond acceptors (Lipinski definition) is 10. The van der Waals surface area contributed by atoms with Crippen LogP contribution in [-0.2, 0) is 11.2 Å². The molecule has 9 nitrogen and oxygen atoms in total. The van der Waals surface area contributed by atoms with Crippen molar-refractivity contribution >= 4 is 40.1 Å². The number of carboxylic acids is 1. The fraction of sp³-hybridized carbons (Fsp3) is 0.120. The van der Waals surface area contributed by atoms with Gasteiger partial charge in [-0.2, -0.15) is 8.75 Å². The number of Topliss-reactive ketones (excluding diaryl/α,β-unsaturated/α-hetero) is 1. The zero-order valence-corrected chi connectivity index (χ0v) is 21.8. The molecular weight excluding hydrogens is 495 g/mol. The first-order valence-corrected chi connectivity index (χ1v) is 11.3. The van der Waals surface area contributed by atoms with Crippen LogP contribution in [0.1, 0.15) is 21.5 Å². The third-order valence-corrected chi connectivity index (χ3v) is 6.33. The van der Waals surface area contributed by atoms with E-state index in [1.807, 2.05) is 0 Å². The predicted molar refractivity (Wildman–Crippen MR) is 123 cm³/mol. The average Bonchev–Trinajstić information content (AvgIpc) is 3.62. The van der Waals surface area contributed by atoms with Gasteiger partial charge in [0, 0.05) is 23.1 Å². The van der Waals surface area contributed by atoms with Gasteiger partial charge in [-0.05, 0) is 53.6 Å². The van der Waals surface area contributed by atoms with Crippen molar-refractivity contribution < 1.29 is 63.2 Å². The Hall–Kier alpha value is -3.44. The van der Waals surface area contributed by atoms with Crippen LogP contribution in [0.5, 0.6) is 23.0 Å². The van der Waals surface area contributed by atoms with Gasteiger partial charge in [-0.15, -0.1) is 0 Å². The van der Waals surface area contributed by atoms with Crippen molar-refractivity contribution in [2.75, 3.05) is 13.6 Å². The number of carbonyl (C=O) groups excluding carboxylic acids is 2. The maximum absolute atomic E-state index is 13.8. The number of ether oxygens (including phenoxy) is 4. The number of rotatable bonds is 6. The summed E-state index contributed by atoms with van der Waals surface area (Å²) in [5.41, 5.74) is 2.23. The normalized spacial score (nSPS) is 13.8. The number of aliphatic carboxylic acids is 1. The van der Waals surface area contributed by atoms with Crippen molar-refractivity contribution in [3.63, 3.8) is 0 Å². The quantitative estimate of drug-likeness (QED) is 0.197. The van der Waals surface area contributed by atoms with E-state index in [0.717, 1.165) is 11.7 Å². The van der Waals surface area contributed by atoms with E-state index < -0.39 is 11.8 Å². The summed E-state index contributed by atoms with van der Waals surface area (Å²) in [6.45, 7) is 0.155. The molecule has 0 aliphatic carbocycles. The van der Waals surface area contributed by atoms with E-state index in [1.165, 1.54) is 0 Å². The Morgan fingerprint density at radius 2 is 1.42 bits per heavy atom. The monoisotopic (exact) mass is 510 g/mol. The van der Waals surface area contributed by atoms with E-state index in [0.29, 0.717) is 45.2 Å². The maximum atomic E-state index is 13.8. The Morgan fingerprint density at radius 1 is 0.778 bits per heavy atom. The molecule has 0 saturated carbocycles. The van der Waals surface area contributed by atoms with Crippen molar-refractivity contribution in [3.05, 3.63) is 76.9 Å². The van der Waals surface area contributed by atoms with Crippen LogP contribution in [0.2, 0.25) is 0 Å². The molecule has 3 heterocycles. The largest absolute Gasteiger partial charge is 1.00 e. The second-order valence-corrected chi connectivity index (χ2v) is 8.40. The van der Waals surface area contributed by atoms with Crippen LogP contribution >= 0.6 is 11.7 Å². The Kier molecular flexibility index (Phi) is 6.67. The first kappa shape index (κ1) is 24.3. The van der Waals surface area contributed by atoms with Crippen LogP contribution in [0, 0.1) is 0 Å². The van der Waals surface area contributed by atoms with Gasteiger partial charge in [0.2, 0.25) is 13.6 Å². The molecule has 0 amide bonds. The fourth-order valence-electron chi connectivity index (χ4n) is 4.10. The van der Waals surface area contributed by atoms with Crippen molar-refractivity contribution in [2.24, 2.45) is 0 Å². The number of fused-ring (bicyclic) bond motifs is 3. The zero-order chi connectivity index (χ0) is 23.9. The fourth-order valence-corrected chi connectivity index (χ4v) is 4.62. The molecule has 0 bridgehead atoms. The van der Waals surface area contributed by atoms with Crippen molar-refractivity contribution in [1.29, 1.82) is 0 Å². The van der Waals surface area contributed by atoms with Crippen molar-refractivity contribution in [3.8, 4) is 23.0 Å². The molecule has 4 aromatic rings. The van der Waals surface area contributed by atoms with Gasteiger partial charge in [0.25, 0.3) is 0 Å². The molecule has 0 spiro atoms. The second kappa shape index (κ2) is 9.90. The summed E-state index contributed by atoms with van der Waals surface area (Å²) in [4.78, 5) is 26.3. The molecule has 0 N–H and O–H groups in total.